The fourth-order valence-electron chi connectivity index (χ4n) is 1.97. The molecule has 0 radical (unpaired) electrons. The molecule has 0 fully saturated rings. The number of alkyl halides is 1. The summed E-state index contributed by atoms with van der Waals surface area (Å²) in [5, 5.41) is 5.36. The van der Waals surface area contributed by atoms with Crippen LogP contribution in [-0.2, 0) is 0 Å². The maximum Gasteiger partial charge on any atom is 0.154 e. The predicted molar refractivity (Wildman–Crippen MR) is 74.0 cm³/mol. The van der Waals surface area contributed by atoms with Gasteiger partial charge in [0, 0.05) is 30.8 Å². The highest BCUT2D eigenvalue weighted by Gasteiger charge is 2.11. The molecule has 4 nitrogen and oxygen atoms in total. The number of hydrogen-bond donors (Lipinski definition) is 0. The van der Waals surface area contributed by atoms with Crippen LogP contribution in [0.1, 0.15) is 19.0 Å². The number of aromatic nitrogens is 3. The van der Waals surface area contributed by atoms with E-state index < -0.39 is 0 Å². The van der Waals surface area contributed by atoms with Gasteiger partial charge in [0.15, 0.2) is 5.82 Å². The van der Waals surface area contributed by atoms with Gasteiger partial charge in [0.2, 0.25) is 0 Å². The molecule has 0 atom stereocenters. The smallest absolute Gasteiger partial charge is 0.154 e. The van der Waals surface area contributed by atoms with Crippen LogP contribution in [0.15, 0.2) is 18.5 Å². The van der Waals surface area contributed by atoms with Crippen molar-refractivity contribution in [1.82, 2.24) is 14.6 Å². The fourth-order valence-corrected chi connectivity index (χ4v) is 2.40. The molecule has 0 unspecified atom stereocenters. The second kappa shape index (κ2) is 5.49. The Kier molecular flexibility index (Phi) is 3.99. The molecular weight excluding hydrogens is 280 g/mol. The van der Waals surface area contributed by atoms with Crippen LogP contribution in [0.5, 0.6) is 0 Å². The van der Waals surface area contributed by atoms with Crippen LogP contribution < -0.4 is 4.90 Å². The Morgan fingerprint density at radius 1 is 1.41 bits per heavy atom. The highest BCUT2D eigenvalue weighted by atomic mass is 79.9. The summed E-state index contributed by atoms with van der Waals surface area (Å²) in [5.74, 6) is 1.02. The van der Waals surface area contributed by atoms with Crippen molar-refractivity contribution in [2.45, 2.75) is 20.3 Å². The quantitative estimate of drug-likeness (QED) is 0.796. The van der Waals surface area contributed by atoms with Gasteiger partial charge in [0.05, 0.1) is 5.69 Å². The Balaban J connectivity index is 2.44. The minimum Gasteiger partial charge on any atom is -0.354 e. The zero-order valence-electron chi connectivity index (χ0n) is 10.2. The number of anilines is 1. The Morgan fingerprint density at radius 3 is 2.94 bits per heavy atom. The topological polar surface area (TPSA) is 33.4 Å². The van der Waals surface area contributed by atoms with E-state index >= 15 is 0 Å². The number of halogens is 1. The molecule has 0 saturated carbocycles. The summed E-state index contributed by atoms with van der Waals surface area (Å²) >= 11 is 3.49. The molecule has 5 heteroatoms. The van der Waals surface area contributed by atoms with Gasteiger partial charge in [0.1, 0.15) is 5.52 Å². The summed E-state index contributed by atoms with van der Waals surface area (Å²) in [4.78, 5) is 6.80. The third-order valence-corrected chi connectivity index (χ3v) is 2.99. The molecule has 2 aromatic heterocycles. The van der Waals surface area contributed by atoms with Crippen LogP contribution in [0.25, 0.3) is 5.52 Å². The van der Waals surface area contributed by atoms with Crippen LogP contribution in [0, 0.1) is 6.92 Å². The Labute approximate surface area is 110 Å². The minimum atomic E-state index is 0.947. The number of fused-ring (bicyclic) bond motifs is 1. The van der Waals surface area contributed by atoms with Crippen LogP contribution in [0.4, 0.5) is 5.82 Å². The summed E-state index contributed by atoms with van der Waals surface area (Å²) < 4.78 is 1.90. The van der Waals surface area contributed by atoms with E-state index in [0.717, 1.165) is 41.9 Å². The number of aryl methyl sites for hydroxylation is 1. The first-order valence-corrected chi connectivity index (χ1v) is 7.00. The second-order valence-electron chi connectivity index (χ2n) is 4.04. The van der Waals surface area contributed by atoms with Crippen molar-refractivity contribution in [2.24, 2.45) is 0 Å². The summed E-state index contributed by atoms with van der Waals surface area (Å²) in [6.45, 7) is 6.17. The number of rotatable bonds is 5. The molecule has 0 spiro atoms. The number of nitrogens with zero attached hydrogens (tertiary/aromatic N) is 4. The number of hydrogen-bond acceptors (Lipinski definition) is 3. The average Bonchev–Trinajstić information content (AvgIpc) is 2.68. The third-order valence-electron chi connectivity index (χ3n) is 2.64. The lowest BCUT2D eigenvalue weighted by atomic mass is 10.3. The Hall–Kier alpha value is -1.10. The van der Waals surface area contributed by atoms with E-state index in [1.807, 2.05) is 23.8 Å². The molecular formula is C12H17BrN4. The van der Waals surface area contributed by atoms with Gasteiger partial charge >= 0.3 is 0 Å². The largest absolute Gasteiger partial charge is 0.354 e. The predicted octanol–water partition coefficient (Wildman–Crippen LogP) is 2.65. The molecule has 0 bridgehead atoms. The van der Waals surface area contributed by atoms with Gasteiger partial charge in [-0.3, -0.25) is 0 Å². The van der Waals surface area contributed by atoms with Crippen molar-refractivity contribution in [2.75, 3.05) is 23.3 Å². The lowest BCUT2D eigenvalue weighted by Crippen LogP contribution is -2.27. The van der Waals surface area contributed by atoms with E-state index in [-0.39, 0.29) is 0 Å². The van der Waals surface area contributed by atoms with Crippen molar-refractivity contribution in [3.05, 3.63) is 24.2 Å². The SMILES string of the molecule is CCCN(CCBr)c1nccn2nc(C)cc12. The molecule has 0 aliphatic carbocycles. The van der Waals surface area contributed by atoms with Crippen LogP contribution in [0.2, 0.25) is 0 Å². The first-order valence-electron chi connectivity index (χ1n) is 5.88. The monoisotopic (exact) mass is 296 g/mol. The summed E-state index contributed by atoms with van der Waals surface area (Å²) in [5.41, 5.74) is 2.11. The summed E-state index contributed by atoms with van der Waals surface area (Å²) in [6, 6.07) is 2.08. The Bertz CT molecular complexity index is 488. The molecule has 0 aliphatic rings. The molecule has 0 aromatic carbocycles. The molecule has 0 amide bonds. The fraction of sp³-hybridized carbons (Fsp3) is 0.500. The van der Waals surface area contributed by atoms with Gasteiger partial charge in [-0.05, 0) is 19.4 Å². The molecule has 17 heavy (non-hydrogen) atoms. The third kappa shape index (κ3) is 2.60. The highest BCUT2D eigenvalue weighted by Crippen LogP contribution is 2.19. The van der Waals surface area contributed by atoms with Gasteiger partial charge < -0.3 is 4.90 Å². The van der Waals surface area contributed by atoms with Gasteiger partial charge in [-0.25, -0.2) is 9.50 Å². The molecule has 2 rings (SSSR count). The van der Waals surface area contributed by atoms with Crippen molar-refractivity contribution in [3.8, 4) is 0 Å². The van der Waals surface area contributed by atoms with E-state index in [2.05, 4.69) is 43.9 Å². The first kappa shape index (κ1) is 12.4. The molecule has 0 N–H and O–H groups in total. The molecule has 0 saturated heterocycles. The maximum atomic E-state index is 4.50. The van der Waals surface area contributed by atoms with E-state index in [4.69, 9.17) is 0 Å². The summed E-state index contributed by atoms with van der Waals surface area (Å²) in [6.07, 6.45) is 4.82. The standard InChI is InChI=1S/C12H17BrN4/c1-3-6-16(7-4-13)12-11-9-10(2)15-17(11)8-5-14-12/h5,8-9H,3-4,6-7H2,1-2H3. The van der Waals surface area contributed by atoms with Crippen molar-refractivity contribution in [3.63, 3.8) is 0 Å². The van der Waals surface area contributed by atoms with Crippen LogP contribution in [0.3, 0.4) is 0 Å². The molecule has 2 heterocycles. The van der Waals surface area contributed by atoms with Crippen molar-refractivity contribution >= 4 is 27.3 Å². The van der Waals surface area contributed by atoms with E-state index in [1.165, 1.54) is 0 Å². The van der Waals surface area contributed by atoms with Gasteiger partial charge in [0.25, 0.3) is 0 Å². The van der Waals surface area contributed by atoms with Crippen LogP contribution in [-0.4, -0.2) is 33.0 Å². The normalized spacial score (nSPS) is 11.0. The van der Waals surface area contributed by atoms with E-state index in [0.29, 0.717) is 0 Å². The molecule has 0 aliphatic heterocycles. The van der Waals surface area contributed by atoms with Crippen molar-refractivity contribution < 1.29 is 0 Å². The second-order valence-corrected chi connectivity index (χ2v) is 4.84. The average molecular weight is 297 g/mol. The minimum absolute atomic E-state index is 0.947. The van der Waals surface area contributed by atoms with Gasteiger partial charge in [-0.1, -0.05) is 22.9 Å². The lowest BCUT2D eigenvalue weighted by Gasteiger charge is -2.22. The first-order chi connectivity index (χ1) is 8.26. The van der Waals surface area contributed by atoms with E-state index in [1.54, 1.807) is 0 Å². The van der Waals surface area contributed by atoms with Crippen molar-refractivity contribution in [1.29, 1.82) is 0 Å². The molecule has 2 aromatic rings. The van der Waals surface area contributed by atoms with Crippen LogP contribution >= 0.6 is 15.9 Å². The Morgan fingerprint density at radius 2 is 2.24 bits per heavy atom. The lowest BCUT2D eigenvalue weighted by molar-refractivity contribution is 0.780. The van der Waals surface area contributed by atoms with E-state index in [9.17, 15) is 0 Å². The molecule has 92 valence electrons. The summed E-state index contributed by atoms with van der Waals surface area (Å²) in [7, 11) is 0. The zero-order valence-corrected chi connectivity index (χ0v) is 11.8. The van der Waals surface area contributed by atoms with Gasteiger partial charge in [-0.2, -0.15) is 5.10 Å². The highest BCUT2D eigenvalue weighted by molar-refractivity contribution is 9.09. The zero-order chi connectivity index (χ0) is 12.3. The maximum absolute atomic E-state index is 4.50. The van der Waals surface area contributed by atoms with Gasteiger partial charge in [-0.15, -0.1) is 0 Å².